The number of carbonyl (C=O) groups excluding carboxylic acids is 2. The van der Waals surface area contributed by atoms with Crippen molar-refractivity contribution in [1.29, 1.82) is 0 Å². The zero-order valence-electron chi connectivity index (χ0n) is 8.81. The van der Waals surface area contributed by atoms with Gasteiger partial charge in [0.25, 0.3) is 0 Å². The van der Waals surface area contributed by atoms with Crippen molar-refractivity contribution in [1.82, 2.24) is 0 Å². The summed E-state index contributed by atoms with van der Waals surface area (Å²) < 4.78 is 0.0289. The zero-order chi connectivity index (χ0) is 11.8. The van der Waals surface area contributed by atoms with Crippen molar-refractivity contribution in [2.75, 3.05) is 0 Å². The molecule has 1 aliphatic rings. The van der Waals surface area contributed by atoms with Crippen LogP contribution in [0.3, 0.4) is 0 Å². The Morgan fingerprint density at radius 2 is 0.941 bits per heavy atom. The number of fused-ring (bicyclic) bond motifs is 3. The van der Waals surface area contributed by atoms with Gasteiger partial charge in [-0.05, 0) is 0 Å². The van der Waals surface area contributed by atoms with Gasteiger partial charge in [0.2, 0.25) is 0 Å². The molecule has 0 unspecified atom stereocenters. The van der Waals surface area contributed by atoms with Crippen LogP contribution in [-0.2, 0) is 0 Å². The Balaban J connectivity index is 2.38. The van der Waals surface area contributed by atoms with Gasteiger partial charge in [-0.2, -0.15) is 0 Å². The first-order valence-electron chi connectivity index (χ1n) is 5.19. The van der Waals surface area contributed by atoms with Gasteiger partial charge < -0.3 is 0 Å². The Kier molecular flexibility index (Phi) is 2.55. The number of hydrogen-bond donors (Lipinski definition) is 0. The first-order chi connectivity index (χ1) is 8.27. The van der Waals surface area contributed by atoms with Gasteiger partial charge in [0.1, 0.15) is 0 Å². The van der Waals surface area contributed by atoms with E-state index >= 15 is 0 Å². The molecular weight excluding hydrogens is 327 g/mol. The van der Waals surface area contributed by atoms with Gasteiger partial charge in [0.05, 0.1) is 0 Å². The van der Waals surface area contributed by atoms with Crippen LogP contribution < -0.4 is 21.2 Å². The average molecular weight is 335 g/mol. The van der Waals surface area contributed by atoms with Gasteiger partial charge in [-0.25, -0.2) is 0 Å². The molecule has 0 aromatic heterocycles. The summed E-state index contributed by atoms with van der Waals surface area (Å²) >= 11 is -1.09. The fourth-order valence-electron chi connectivity index (χ4n) is 1.96. The van der Waals surface area contributed by atoms with Crippen LogP contribution in [-0.4, -0.2) is 7.58 Å². The third-order valence-corrected chi connectivity index (χ3v) is 4.88. The van der Waals surface area contributed by atoms with Gasteiger partial charge in [0, 0.05) is 0 Å². The molecule has 0 radical (unpaired) electrons. The van der Waals surface area contributed by atoms with Crippen LogP contribution in [0.4, 0.5) is 0 Å². The van der Waals surface area contributed by atoms with Crippen molar-refractivity contribution < 1.29 is 30.8 Å². The van der Waals surface area contributed by atoms with E-state index in [-0.39, 0.29) is 7.58 Å². The summed E-state index contributed by atoms with van der Waals surface area (Å²) in [5.41, 5.74) is 3.16. The molecule has 3 heteroatoms. The van der Waals surface area contributed by atoms with Gasteiger partial charge in [-0.1, -0.05) is 0 Å². The van der Waals surface area contributed by atoms with Crippen LogP contribution in [0.1, 0.15) is 20.7 Å². The van der Waals surface area contributed by atoms with Crippen molar-refractivity contribution in [3.8, 4) is 11.1 Å². The molecule has 0 amide bonds. The molecule has 1 heterocycles. The monoisotopic (exact) mass is 335 g/mol. The summed E-state index contributed by atoms with van der Waals surface area (Å²) in [6, 6.07) is 14.9. The maximum absolute atomic E-state index is 12.0. The van der Waals surface area contributed by atoms with E-state index in [1.165, 1.54) is 0 Å². The zero-order valence-corrected chi connectivity index (χ0v) is 11.0. The summed E-state index contributed by atoms with van der Waals surface area (Å²) in [7, 11) is 0. The van der Waals surface area contributed by atoms with Gasteiger partial charge in [-0.15, -0.1) is 0 Å². The summed E-state index contributed by atoms with van der Waals surface area (Å²) in [6.07, 6.45) is 0. The van der Waals surface area contributed by atoms with Crippen LogP contribution in [0, 0.1) is 0 Å². The third-order valence-electron chi connectivity index (χ3n) is 2.74. The van der Waals surface area contributed by atoms with E-state index in [1.807, 2.05) is 48.5 Å². The molecule has 2 aromatic rings. The molecule has 0 spiro atoms. The summed E-state index contributed by atoms with van der Waals surface area (Å²) in [6.45, 7) is 0. The van der Waals surface area contributed by atoms with Crippen molar-refractivity contribution >= 4 is 7.58 Å². The molecule has 0 atom stereocenters. The topological polar surface area (TPSA) is 34.1 Å². The van der Waals surface area contributed by atoms with Crippen LogP contribution in [0.25, 0.3) is 11.1 Å². The van der Waals surface area contributed by atoms with Crippen molar-refractivity contribution in [3.05, 3.63) is 59.7 Å². The molecule has 2 aromatic carbocycles. The normalized spacial score (nSPS) is 14.4. The van der Waals surface area contributed by atoms with Crippen molar-refractivity contribution in [2.45, 2.75) is 0 Å². The molecule has 0 saturated heterocycles. The fraction of sp³-hybridized carbons (Fsp3) is 0. The second-order valence-electron chi connectivity index (χ2n) is 3.73. The number of rotatable bonds is 0. The van der Waals surface area contributed by atoms with E-state index in [0.29, 0.717) is 11.1 Å². The van der Waals surface area contributed by atoms with E-state index in [4.69, 9.17) is 0 Å². The van der Waals surface area contributed by atoms with Gasteiger partial charge in [-0.3, -0.25) is 0 Å². The Labute approximate surface area is 109 Å². The molecule has 3 rings (SSSR count). The molecule has 17 heavy (non-hydrogen) atoms. The second kappa shape index (κ2) is 4.07. The number of halogens is 1. The quantitative estimate of drug-likeness (QED) is 0.491. The van der Waals surface area contributed by atoms with E-state index in [9.17, 15) is 9.59 Å². The average Bonchev–Trinajstić information content (AvgIpc) is 2.48. The van der Waals surface area contributed by atoms with Gasteiger partial charge in [0.15, 0.2) is 0 Å². The molecule has 0 saturated carbocycles. The SMILES string of the molecule is O=C1[I-]C(=O)c2ccccc2-c2ccccc21. The summed E-state index contributed by atoms with van der Waals surface area (Å²) in [4.78, 5) is 24.0. The summed E-state index contributed by atoms with van der Waals surface area (Å²) in [5, 5.41) is 0. The first-order valence-corrected chi connectivity index (χ1v) is 7.35. The Hall–Kier alpha value is -1.49. The minimum atomic E-state index is -1.09. The van der Waals surface area contributed by atoms with Crippen molar-refractivity contribution in [3.63, 3.8) is 0 Å². The molecule has 0 aliphatic carbocycles. The standard InChI is InChI=1S/C14H8IO2/c16-13-11-7-3-1-5-9(11)10-6-2-4-8-12(10)14(17)15-13/h1-8H/q-1. The van der Waals surface area contributed by atoms with Crippen LogP contribution in [0.15, 0.2) is 48.5 Å². The minimum absolute atomic E-state index is 0.0144. The predicted molar refractivity (Wildman–Crippen MR) is 60.5 cm³/mol. The Morgan fingerprint density at radius 3 is 1.35 bits per heavy atom. The molecule has 2 nitrogen and oxygen atoms in total. The number of hydrogen-bond acceptors (Lipinski definition) is 2. The molecular formula is C14H8IO2-. The van der Waals surface area contributed by atoms with Crippen LogP contribution in [0.2, 0.25) is 0 Å². The fourth-order valence-corrected chi connectivity index (χ4v) is 3.93. The third kappa shape index (κ3) is 1.70. The van der Waals surface area contributed by atoms with E-state index in [2.05, 4.69) is 0 Å². The maximum atomic E-state index is 12.0. The van der Waals surface area contributed by atoms with Gasteiger partial charge >= 0.3 is 109 Å². The van der Waals surface area contributed by atoms with E-state index < -0.39 is 21.2 Å². The van der Waals surface area contributed by atoms with Crippen LogP contribution in [0.5, 0.6) is 0 Å². The molecule has 0 fully saturated rings. The van der Waals surface area contributed by atoms with Crippen molar-refractivity contribution in [2.24, 2.45) is 0 Å². The molecule has 0 bridgehead atoms. The molecule has 0 N–H and O–H groups in total. The number of benzene rings is 2. The Bertz CT molecular complexity index is 576. The second-order valence-corrected chi connectivity index (χ2v) is 6.23. The first kappa shape index (κ1) is 10.7. The molecule has 1 aliphatic heterocycles. The summed E-state index contributed by atoms with van der Waals surface area (Å²) in [5.74, 6) is 0. The van der Waals surface area contributed by atoms with Crippen LogP contribution >= 0.6 is 0 Å². The predicted octanol–water partition coefficient (Wildman–Crippen LogP) is -0.263. The van der Waals surface area contributed by atoms with E-state index in [0.717, 1.165) is 11.1 Å². The van der Waals surface area contributed by atoms with E-state index in [1.54, 1.807) is 0 Å². The Morgan fingerprint density at radius 1 is 0.588 bits per heavy atom. The number of carbonyl (C=O) groups is 2. The molecule has 84 valence electrons.